The lowest BCUT2D eigenvalue weighted by molar-refractivity contribution is -0.0344. The Balaban J connectivity index is 1.36. The molecule has 0 unspecified atom stereocenters. The molecule has 0 aromatic heterocycles. The minimum absolute atomic E-state index is 0.443. The maximum atomic E-state index is 5.94. The number of rotatable bonds is 4. The van der Waals surface area contributed by atoms with Gasteiger partial charge in [0.25, 0.3) is 0 Å². The molecule has 0 radical (unpaired) electrons. The summed E-state index contributed by atoms with van der Waals surface area (Å²) in [5.74, 6) is 0. The zero-order valence-electron chi connectivity index (χ0n) is 10.6. The molecule has 4 heteroatoms. The van der Waals surface area contributed by atoms with Gasteiger partial charge < -0.3 is 9.47 Å². The van der Waals surface area contributed by atoms with Crippen molar-refractivity contribution in [3.63, 3.8) is 0 Å². The van der Waals surface area contributed by atoms with Gasteiger partial charge in [0.1, 0.15) is 6.23 Å². The first-order chi connectivity index (χ1) is 8.42. The molecule has 3 saturated heterocycles. The van der Waals surface area contributed by atoms with E-state index in [0.717, 1.165) is 26.3 Å². The highest BCUT2D eigenvalue weighted by molar-refractivity contribution is 4.82. The predicted molar refractivity (Wildman–Crippen MR) is 66.0 cm³/mol. The second-order valence-corrected chi connectivity index (χ2v) is 5.45. The summed E-state index contributed by atoms with van der Waals surface area (Å²) in [5.41, 5.74) is 0. The summed E-state index contributed by atoms with van der Waals surface area (Å²) in [5, 5.41) is 0. The van der Waals surface area contributed by atoms with Crippen molar-refractivity contribution in [1.29, 1.82) is 0 Å². The minimum Gasteiger partial charge on any atom is -0.379 e. The quantitative estimate of drug-likeness (QED) is 0.729. The molecule has 0 aromatic rings. The SMILES string of the molecule is C1C[C@@H]2CN(CCCN3CCOCC3)[C@H](C1)O2. The van der Waals surface area contributed by atoms with E-state index in [9.17, 15) is 0 Å². The lowest BCUT2D eigenvalue weighted by Crippen LogP contribution is -2.38. The molecule has 17 heavy (non-hydrogen) atoms. The molecule has 2 atom stereocenters. The number of morpholine rings is 1. The number of nitrogens with zero attached hydrogens (tertiary/aromatic N) is 2. The van der Waals surface area contributed by atoms with Crippen molar-refractivity contribution in [3.05, 3.63) is 0 Å². The van der Waals surface area contributed by atoms with Crippen molar-refractivity contribution < 1.29 is 9.47 Å². The van der Waals surface area contributed by atoms with Gasteiger partial charge in [-0.2, -0.15) is 0 Å². The van der Waals surface area contributed by atoms with Crippen LogP contribution in [0.2, 0.25) is 0 Å². The molecule has 3 aliphatic heterocycles. The van der Waals surface area contributed by atoms with E-state index >= 15 is 0 Å². The van der Waals surface area contributed by atoms with Gasteiger partial charge >= 0.3 is 0 Å². The summed E-state index contributed by atoms with van der Waals surface area (Å²) >= 11 is 0. The van der Waals surface area contributed by atoms with Crippen LogP contribution in [0.4, 0.5) is 0 Å². The molecular weight excluding hydrogens is 216 g/mol. The van der Waals surface area contributed by atoms with E-state index in [0.29, 0.717) is 12.3 Å². The first-order valence-corrected chi connectivity index (χ1v) is 7.11. The monoisotopic (exact) mass is 240 g/mol. The Kier molecular flexibility index (Phi) is 3.96. The molecule has 3 rings (SSSR count). The predicted octanol–water partition coefficient (Wildman–Crippen LogP) is 0.919. The molecule has 0 N–H and O–H groups in total. The van der Waals surface area contributed by atoms with Crippen molar-refractivity contribution in [2.45, 2.75) is 38.0 Å². The Morgan fingerprint density at radius 1 is 1.06 bits per heavy atom. The molecule has 2 bridgehead atoms. The third kappa shape index (κ3) is 2.99. The third-order valence-electron chi connectivity index (χ3n) is 4.20. The van der Waals surface area contributed by atoms with Gasteiger partial charge in [-0.3, -0.25) is 9.80 Å². The molecule has 0 saturated carbocycles. The Bertz CT molecular complexity index is 244. The highest BCUT2D eigenvalue weighted by Gasteiger charge is 2.35. The molecule has 3 heterocycles. The van der Waals surface area contributed by atoms with Crippen LogP contribution in [-0.4, -0.2) is 68.1 Å². The van der Waals surface area contributed by atoms with Crippen LogP contribution in [0.3, 0.4) is 0 Å². The van der Waals surface area contributed by atoms with E-state index in [1.54, 1.807) is 0 Å². The van der Waals surface area contributed by atoms with Crippen molar-refractivity contribution in [2.75, 3.05) is 45.9 Å². The van der Waals surface area contributed by atoms with Crippen LogP contribution < -0.4 is 0 Å². The van der Waals surface area contributed by atoms with E-state index in [-0.39, 0.29) is 0 Å². The first kappa shape index (κ1) is 11.9. The average Bonchev–Trinajstić information content (AvgIpc) is 2.65. The minimum atomic E-state index is 0.443. The van der Waals surface area contributed by atoms with Crippen LogP contribution in [-0.2, 0) is 9.47 Å². The topological polar surface area (TPSA) is 24.9 Å². The van der Waals surface area contributed by atoms with Gasteiger partial charge in [0.15, 0.2) is 0 Å². The smallest absolute Gasteiger partial charge is 0.111 e. The first-order valence-electron chi connectivity index (χ1n) is 7.11. The lowest BCUT2D eigenvalue weighted by Gasteiger charge is -2.28. The van der Waals surface area contributed by atoms with E-state index in [1.165, 1.54) is 45.3 Å². The second-order valence-electron chi connectivity index (χ2n) is 5.45. The molecule has 0 aromatic carbocycles. The van der Waals surface area contributed by atoms with Crippen molar-refractivity contribution >= 4 is 0 Å². The molecule has 0 aliphatic carbocycles. The fourth-order valence-corrected chi connectivity index (χ4v) is 3.22. The van der Waals surface area contributed by atoms with Crippen LogP contribution in [0.15, 0.2) is 0 Å². The largest absolute Gasteiger partial charge is 0.379 e. The van der Waals surface area contributed by atoms with Gasteiger partial charge in [-0.05, 0) is 32.2 Å². The normalized spacial score (nSPS) is 35.3. The Hall–Kier alpha value is -0.160. The van der Waals surface area contributed by atoms with Gasteiger partial charge in [0.05, 0.1) is 19.3 Å². The van der Waals surface area contributed by atoms with Gasteiger partial charge in [0.2, 0.25) is 0 Å². The Labute approximate surface area is 104 Å². The van der Waals surface area contributed by atoms with Crippen molar-refractivity contribution in [1.82, 2.24) is 9.80 Å². The molecule has 3 fully saturated rings. The maximum Gasteiger partial charge on any atom is 0.111 e. The maximum absolute atomic E-state index is 5.94. The summed E-state index contributed by atoms with van der Waals surface area (Å²) in [4.78, 5) is 5.07. The Morgan fingerprint density at radius 2 is 1.94 bits per heavy atom. The van der Waals surface area contributed by atoms with Crippen LogP contribution >= 0.6 is 0 Å². The van der Waals surface area contributed by atoms with E-state index in [1.807, 2.05) is 0 Å². The summed E-state index contributed by atoms with van der Waals surface area (Å²) in [6.07, 6.45) is 6.13. The van der Waals surface area contributed by atoms with Gasteiger partial charge in [-0.25, -0.2) is 0 Å². The summed E-state index contributed by atoms with van der Waals surface area (Å²) in [7, 11) is 0. The summed E-state index contributed by atoms with van der Waals surface area (Å²) < 4.78 is 11.3. The average molecular weight is 240 g/mol. The van der Waals surface area contributed by atoms with E-state index < -0.39 is 0 Å². The number of ether oxygens (including phenoxy) is 2. The molecule has 3 aliphatic rings. The number of fused-ring (bicyclic) bond motifs is 2. The van der Waals surface area contributed by atoms with Crippen molar-refractivity contribution in [2.24, 2.45) is 0 Å². The standard InChI is InChI=1S/C13H24N2O2/c1-3-12-11-15(13(4-1)17-12)6-2-5-14-7-9-16-10-8-14/h12-13H,1-11H2/t12-,13+/m1/s1. The third-order valence-corrected chi connectivity index (χ3v) is 4.20. The summed E-state index contributed by atoms with van der Waals surface area (Å²) in [6, 6.07) is 0. The highest BCUT2D eigenvalue weighted by Crippen LogP contribution is 2.29. The van der Waals surface area contributed by atoms with Gasteiger partial charge in [-0.1, -0.05) is 0 Å². The number of hydrogen-bond donors (Lipinski definition) is 0. The van der Waals surface area contributed by atoms with Crippen LogP contribution in [0, 0.1) is 0 Å². The Morgan fingerprint density at radius 3 is 2.76 bits per heavy atom. The zero-order valence-corrected chi connectivity index (χ0v) is 10.6. The fourth-order valence-electron chi connectivity index (χ4n) is 3.22. The van der Waals surface area contributed by atoms with Crippen molar-refractivity contribution in [3.8, 4) is 0 Å². The molecule has 98 valence electrons. The van der Waals surface area contributed by atoms with Gasteiger partial charge in [-0.15, -0.1) is 0 Å². The summed E-state index contributed by atoms with van der Waals surface area (Å²) in [6.45, 7) is 7.66. The van der Waals surface area contributed by atoms with Crippen LogP contribution in [0.1, 0.15) is 25.7 Å². The number of likely N-dealkylation sites (tertiary alicyclic amines) is 1. The molecule has 0 amide bonds. The van der Waals surface area contributed by atoms with E-state index in [4.69, 9.17) is 9.47 Å². The zero-order chi connectivity index (χ0) is 11.5. The number of hydrogen-bond acceptors (Lipinski definition) is 4. The van der Waals surface area contributed by atoms with Crippen LogP contribution in [0.25, 0.3) is 0 Å². The van der Waals surface area contributed by atoms with Gasteiger partial charge in [0, 0.05) is 26.2 Å². The molecular formula is C13H24N2O2. The fraction of sp³-hybridized carbons (Fsp3) is 1.00. The van der Waals surface area contributed by atoms with Crippen LogP contribution in [0.5, 0.6) is 0 Å². The van der Waals surface area contributed by atoms with E-state index in [2.05, 4.69) is 9.80 Å². The lowest BCUT2D eigenvalue weighted by atomic mass is 10.1. The highest BCUT2D eigenvalue weighted by atomic mass is 16.5. The molecule has 0 spiro atoms. The second kappa shape index (κ2) is 5.65. The molecule has 4 nitrogen and oxygen atoms in total.